The predicted octanol–water partition coefficient (Wildman–Crippen LogP) is 1.97. The Morgan fingerprint density at radius 2 is 2.21 bits per heavy atom. The van der Waals surface area contributed by atoms with Crippen LogP contribution < -0.4 is 10.5 Å². The summed E-state index contributed by atoms with van der Waals surface area (Å²) in [5.74, 6) is 0.561. The zero-order chi connectivity index (χ0) is 9.68. The number of hydrogen-bond donors (Lipinski definition) is 1. The molecule has 2 N–H and O–H groups in total. The molecule has 0 radical (unpaired) electrons. The number of benzene rings is 1. The second-order valence-electron chi connectivity index (χ2n) is 2.39. The van der Waals surface area contributed by atoms with Gasteiger partial charge in [0.25, 0.3) is 0 Å². The van der Waals surface area contributed by atoms with Crippen LogP contribution in [0.4, 0.5) is 0 Å². The van der Waals surface area contributed by atoms with E-state index >= 15 is 0 Å². The lowest BCUT2D eigenvalue weighted by atomic mass is 10.2. The highest BCUT2D eigenvalue weighted by atomic mass is 35.5. The molecule has 0 aliphatic heterocycles. The van der Waals surface area contributed by atoms with E-state index in [-0.39, 0.29) is 12.4 Å². The Morgan fingerprint density at radius 1 is 1.50 bits per heavy atom. The van der Waals surface area contributed by atoms with E-state index in [4.69, 9.17) is 27.3 Å². The van der Waals surface area contributed by atoms with E-state index in [1.165, 1.54) is 0 Å². The van der Waals surface area contributed by atoms with Gasteiger partial charge in [-0.05, 0) is 18.2 Å². The molecule has 5 heteroatoms. The maximum Gasteiger partial charge on any atom is 0.138 e. The van der Waals surface area contributed by atoms with Crippen LogP contribution in [0.25, 0.3) is 0 Å². The third-order valence-electron chi connectivity index (χ3n) is 1.44. The quantitative estimate of drug-likeness (QED) is 0.868. The molecular weight excluding hydrogens is 223 g/mol. The summed E-state index contributed by atoms with van der Waals surface area (Å²) in [6.07, 6.45) is 0. The van der Waals surface area contributed by atoms with Crippen LogP contribution in [0, 0.1) is 11.3 Å². The Kier molecular flexibility index (Phi) is 6.06. The number of nitrogens with zero attached hydrogens (tertiary/aromatic N) is 1. The van der Waals surface area contributed by atoms with Crippen molar-refractivity contribution in [3.05, 3.63) is 28.8 Å². The molecule has 0 saturated heterocycles. The van der Waals surface area contributed by atoms with Crippen LogP contribution >= 0.6 is 24.0 Å². The third-order valence-corrected chi connectivity index (χ3v) is 1.73. The summed E-state index contributed by atoms with van der Waals surface area (Å²) in [5, 5.41) is 9.00. The van der Waals surface area contributed by atoms with E-state index < -0.39 is 0 Å². The lowest BCUT2D eigenvalue weighted by Gasteiger charge is -2.05. The van der Waals surface area contributed by atoms with Crippen molar-refractivity contribution in [2.24, 2.45) is 5.73 Å². The molecule has 0 bridgehead atoms. The Morgan fingerprint density at radius 3 is 2.71 bits per heavy atom. The van der Waals surface area contributed by atoms with Crippen molar-refractivity contribution < 1.29 is 4.74 Å². The molecule has 0 heterocycles. The SMILES string of the molecule is Cl.N#Cc1ccc(OCCN)c(Cl)c1. The number of nitrogens with two attached hydrogens (primary N) is 1. The Hall–Kier alpha value is -0.950. The van der Waals surface area contributed by atoms with Crippen molar-refractivity contribution in [3.8, 4) is 11.8 Å². The van der Waals surface area contributed by atoms with Crippen LogP contribution in [0.1, 0.15) is 5.56 Å². The predicted molar refractivity (Wildman–Crippen MR) is 58.0 cm³/mol. The fourth-order valence-electron chi connectivity index (χ4n) is 0.856. The maximum absolute atomic E-state index is 8.56. The summed E-state index contributed by atoms with van der Waals surface area (Å²) in [6, 6.07) is 6.86. The standard InChI is InChI=1S/C9H9ClN2O.ClH/c10-8-5-7(6-12)1-2-9(8)13-4-3-11;/h1-2,5H,3-4,11H2;1H. The lowest BCUT2D eigenvalue weighted by molar-refractivity contribution is 0.328. The van der Waals surface area contributed by atoms with Crippen LogP contribution in [0.15, 0.2) is 18.2 Å². The Balaban J connectivity index is 0.00000169. The summed E-state index contributed by atoms with van der Waals surface area (Å²) in [7, 11) is 0. The van der Waals surface area contributed by atoms with E-state index in [2.05, 4.69) is 0 Å². The molecule has 0 saturated carbocycles. The molecule has 76 valence electrons. The van der Waals surface area contributed by atoms with Crippen LogP contribution in [-0.2, 0) is 0 Å². The normalized spacial score (nSPS) is 8.64. The second-order valence-corrected chi connectivity index (χ2v) is 2.80. The molecule has 1 aromatic rings. The van der Waals surface area contributed by atoms with Gasteiger partial charge in [0.2, 0.25) is 0 Å². The van der Waals surface area contributed by atoms with Crippen molar-refractivity contribution in [2.75, 3.05) is 13.2 Å². The molecule has 0 aliphatic rings. The third kappa shape index (κ3) is 3.43. The van der Waals surface area contributed by atoms with Gasteiger partial charge in [0.05, 0.1) is 16.7 Å². The van der Waals surface area contributed by atoms with E-state index in [0.717, 1.165) is 0 Å². The molecule has 0 amide bonds. The first-order valence-electron chi connectivity index (χ1n) is 3.80. The van der Waals surface area contributed by atoms with Gasteiger partial charge in [-0.3, -0.25) is 0 Å². The fourth-order valence-corrected chi connectivity index (χ4v) is 1.09. The topological polar surface area (TPSA) is 59.0 Å². The smallest absolute Gasteiger partial charge is 0.138 e. The number of nitriles is 1. The van der Waals surface area contributed by atoms with E-state index in [1.807, 2.05) is 6.07 Å². The van der Waals surface area contributed by atoms with Gasteiger partial charge in [0.15, 0.2) is 0 Å². The summed E-state index contributed by atoms with van der Waals surface area (Å²) < 4.78 is 5.22. The molecule has 0 fully saturated rings. The molecule has 1 aromatic carbocycles. The minimum absolute atomic E-state index is 0. The summed E-state index contributed by atoms with van der Waals surface area (Å²) in [4.78, 5) is 0. The Bertz CT molecular complexity index is 336. The van der Waals surface area contributed by atoms with Gasteiger partial charge in [-0.15, -0.1) is 12.4 Å². The number of ether oxygens (including phenoxy) is 1. The molecule has 3 nitrogen and oxygen atoms in total. The summed E-state index contributed by atoms with van der Waals surface area (Å²) >= 11 is 5.83. The van der Waals surface area contributed by atoms with E-state index in [9.17, 15) is 0 Å². The minimum Gasteiger partial charge on any atom is -0.491 e. The van der Waals surface area contributed by atoms with Crippen LogP contribution in [0.5, 0.6) is 5.75 Å². The van der Waals surface area contributed by atoms with Crippen LogP contribution in [-0.4, -0.2) is 13.2 Å². The molecule has 0 spiro atoms. The molecule has 14 heavy (non-hydrogen) atoms. The number of halogens is 2. The van der Waals surface area contributed by atoms with Crippen LogP contribution in [0.3, 0.4) is 0 Å². The monoisotopic (exact) mass is 232 g/mol. The molecule has 0 aromatic heterocycles. The maximum atomic E-state index is 8.56. The van der Waals surface area contributed by atoms with Gasteiger partial charge in [0, 0.05) is 6.54 Å². The summed E-state index contributed by atoms with van der Waals surface area (Å²) in [6.45, 7) is 0.863. The zero-order valence-corrected chi connectivity index (χ0v) is 8.94. The van der Waals surface area contributed by atoms with Gasteiger partial charge in [-0.25, -0.2) is 0 Å². The first kappa shape index (κ1) is 13.1. The first-order valence-corrected chi connectivity index (χ1v) is 4.18. The molecule has 0 atom stereocenters. The fraction of sp³-hybridized carbons (Fsp3) is 0.222. The second kappa shape index (κ2) is 6.50. The average Bonchev–Trinajstić information content (AvgIpc) is 2.16. The molecule has 1 rings (SSSR count). The van der Waals surface area contributed by atoms with Crippen molar-refractivity contribution in [1.29, 1.82) is 5.26 Å². The molecule has 0 unspecified atom stereocenters. The number of hydrogen-bond acceptors (Lipinski definition) is 3. The van der Waals surface area contributed by atoms with Crippen molar-refractivity contribution in [1.82, 2.24) is 0 Å². The minimum atomic E-state index is 0. The Labute approximate surface area is 93.8 Å². The van der Waals surface area contributed by atoms with E-state index in [1.54, 1.807) is 18.2 Å². The summed E-state index contributed by atoms with van der Waals surface area (Å²) in [5.41, 5.74) is 5.78. The van der Waals surface area contributed by atoms with E-state index in [0.29, 0.717) is 29.5 Å². The number of rotatable bonds is 3. The van der Waals surface area contributed by atoms with Crippen LogP contribution in [0.2, 0.25) is 5.02 Å². The highest BCUT2D eigenvalue weighted by Gasteiger charge is 2.01. The molecule has 0 aliphatic carbocycles. The first-order chi connectivity index (χ1) is 6.27. The highest BCUT2D eigenvalue weighted by Crippen LogP contribution is 2.24. The average molecular weight is 233 g/mol. The van der Waals surface area contributed by atoms with Gasteiger partial charge < -0.3 is 10.5 Å². The van der Waals surface area contributed by atoms with Crippen molar-refractivity contribution in [3.63, 3.8) is 0 Å². The molecular formula is C9H10Cl2N2O. The van der Waals surface area contributed by atoms with Gasteiger partial charge in [0.1, 0.15) is 12.4 Å². The van der Waals surface area contributed by atoms with Gasteiger partial charge >= 0.3 is 0 Å². The zero-order valence-electron chi connectivity index (χ0n) is 7.37. The van der Waals surface area contributed by atoms with Crippen molar-refractivity contribution in [2.45, 2.75) is 0 Å². The largest absolute Gasteiger partial charge is 0.491 e. The van der Waals surface area contributed by atoms with Crippen molar-refractivity contribution >= 4 is 24.0 Å². The highest BCUT2D eigenvalue weighted by molar-refractivity contribution is 6.32. The lowest BCUT2D eigenvalue weighted by Crippen LogP contribution is -2.10. The van der Waals surface area contributed by atoms with Gasteiger partial charge in [-0.2, -0.15) is 5.26 Å². The van der Waals surface area contributed by atoms with Gasteiger partial charge in [-0.1, -0.05) is 11.6 Å².